The van der Waals surface area contributed by atoms with Crippen molar-refractivity contribution in [1.29, 1.82) is 0 Å². The Bertz CT molecular complexity index is 494. The number of amides is 1. The summed E-state index contributed by atoms with van der Waals surface area (Å²) in [5.74, 6) is 0.957. The van der Waals surface area contributed by atoms with Crippen molar-refractivity contribution >= 4 is 34.8 Å². The topological polar surface area (TPSA) is 46.3 Å². The van der Waals surface area contributed by atoms with E-state index in [1.54, 1.807) is 6.07 Å². The molecule has 1 aliphatic heterocycles. The van der Waals surface area contributed by atoms with Gasteiger partial charge in [-0.2, -0.15) is 0 Å². The van der Waals surface area contributed by atoms with E-state index in [-0.39, 0.29) is 5.91 Å². The van der Waals surface area contributed by atoms with Gasteiger partial charge in [-0.15, -0.1) is 0 Å². The molecule has 1 aromatic rings. The fraction of sp³-hybridized carbons (Fsp3) is 0.500. The number of benzene rings is 1. The predicted molar refractivity (Wildman–Crippen MR) is 79.7 cm³/mol. The number of hydrogen-bond acceptors (Lipinski definition) is 2. The maximum atomic E-state index is 12.5. The van der Waals surface area contributed by atoms with Gasteiger partial charge in [0.15, 0.2) is 0 Å². The number of piperidine rings is 1. The molecule has 19 heavy (non-hydrogen) atoms. The number of halogens is 2. The van der Waals surface area contributed by atoms with Crippen LogP contribution in [0.25, 0.3) is 0 Å². The minimum atomic E-state index is -0.0632. The van der Waals surface area contributed by atoms with Crippen LogP contribution in [-0.2, 0) is 0 Å². The summed E-state index contributed by atoms with van der Waals surface area (Å²) in [7, 11) is 0. The van der Waals surface area contributed by atoms with Crippen molar-refractivity contribution in [2.24, 2.45) is 11.8 Å². The van der Waals surface area contributed by atoms with Crippen molar-refractivity contribution in [3.8, 4) is 0 Å². The normalized spacial score (nSPS) is 23.5. The van der Waals surface area contributed by atoms with E-state index >= 15 is 0 Å². The highest BCUT2D eigenvalue weighted by atomic mass is 35.5. The van der Waals surface area contributed by atoms with Crippen LogP contribution in [0.2, 0.25) is 10.0 Å². The number of nitrogens with two attached hydrogens (primary N) is 1. The van der Waals surface area contributed by atoms with Gasteiger partial charge in [-0.1, -0.05) is 37.0 Å². The molecule has 0 bridgehead atoms. The maximum Gasteiger partial charge on any atom is 0.255 e. The predicted octanol–water partition coefficient (Wildman–Crippen LogP) is 3.69. The van der Waals surface area contributed by atoms with Gasteiger partial charge in [0.2, 0.25) is 0 Å². The number of carbonyl (C=O) groups excluding carboxylic acids is 1. The average Bonchev–Trinajstić information content (AvgIpc) is 2.31. The van der Waals surface area contributed by atoms with Crippen LogP contribution in [0.5, 0.6) is 0 Å². The molecule has 1 amide bonds. The highest BCUT2D eigenvalue weighted by Crippen LogP contribution is 2.29. The van der Waals surface area contributed by atoms with E-state index in [0.717, 1.165) is 19.5 Å². The molecule has 2 rings (SSSR count). The second kappa shape index (κ2) is 5.59. The van der Waals surface area contributed by atoms with Crippen molar-refractivity contribution in [2.45, 2.75) is 20.3 Å². The third-order valence-electron chi connectivity index (χ3n) is 3.47. The maximum absolute atomic E-state index is 12.5. The van der Waals surface area contributed by atoms with Crippen molar-refractivity contribution in [3.63, 3.8) is 0 Å². The molecule has 0 spiro atoms. The summed E-state index contributed by atoms with van der Waals surface area (Å²) in [6, 6.07) is 3.10. The molecule has 1 aliphatic rings. The Hall–Kier alpha value is -0.930. The molecular formula is C14H18Cl2N2O. The fourth-order valence-electron chi connectivity index (χ4n) is 2.73. The van der Waals surface area contributed by atoms with E-state index in [9.17, 15) is 4.79 Å². The largest absolute Gasteiger partial charge is 0.398 e. The molecule has 5 heteroatoms. The molecule has 104 valence electrons. The molecule has 0 aromatic heterocycles. The molecule has 3 nitrogen and oxygen atoms in total. The first-order chi connectivity index (χ1) is 8.88. The molecule has 1 aromatic carbocycles. The van der Waals surface area contributed by atoms with Crippen molar-refractivity contribution in [2.75, 3.05) is 18.8 Å². The number of rotatable bonds is 1. The molecular weight excluding hydrogens is 283 g/mol. The molecule has 2 atom stereocenters. The van der Waals surface area contributed by atoms with Crippen LogP contribution in [0.1, 0.15) is 30.6 Å². The van der Waals surface area contributed by atoms with Gasteiger partial charge in [-0.3, -0.25) is 4.79 Å². The van der Waals surface area contributed by atoms with Crippen LogP contribution < -0.4 is 5.73 Å². The number of likely N-dealkylation sites (tertiary alicyclic amines) is 1. The first kappa shape index (κ1) is 14.5. The zero-order valence-corrected chi connectivity index (χ0v) is 12.6. The Morgan fingerprint density at radius 3 is 2.37 bits per heavy atom. The van der Waals surface area contributed by atoms with E-state index in [1.807, 2.05) is 4.90 Å². The second-order valence-corrected chi connectivity index (χ2v) is 6.32. The average molecular weight is 301 g/mol. The molecule has 1 saturated heterocycles. The lowest BCUT2D eigenvalue weighted by atomic mass is 9.91. The highest BCUT2D eigenvalue weighted by molar-refractivity contribution is 6.38. The summed E-state index contributed by atoms with van der Waals surface area (Å²) in [5, 5.41) is 0.733. The van der Waals surface area contributed by atoms with E-state index in [1.165, 1.54) is 6.07 Å². The first-order valence-corrected chi connectivity index (χ1v) is 7.18. The smallest absolute Gasteiger partial charge is 0.255 e. The number of hydrogen-bond donors (Lipinski definition) is 1. The Morgan fingerprint density at radius 2 is 1.79 bits per heavy atom. The standard InChI is InChI=1S/C14H18Cl2N2O/c1-8-3-9(2)7-18(6-8)14(19)10-4-13(17)12(16)5-11(10)15/h4-5,8-9H,3,6-7,17H2,1-2H3/t8-,9-/m1/s1. The van der Waals surface area contributed by atoms with Gasteiger partial charge < -0.3 is 10.6 Å². The number of nitrogen functional groups attached to an aromatic ring is 1. The van der Waals surface area contributed by atoms with Gasteiger partial charge >= 0.3 is 0 Å². The SMILES string of the molecule is C[C@@H]1C[C@@H](C)CN(C(=O)c2cc(N)c(Cl)cc2Cl)C1. The van der Waals surface area contributed by atoms with Crippen LogP contribution in [0.3, 0.4) is 0 Å². The van der Waals surface area contributed by atoms with E-state index in [4.69, 9.17) is 28.9 Å². The third-order valence-corrected chi connectivity index (χ3v) is 4.11. The lowest BCUT2D eigenvalue weighted by Gasteiger charge is -2.35. The highest BCUT2D eigenvalue weighted by Gasteiger charge is 2.27. The summed E-state index contributed by atoms with van der Waals surface area (Å²) in [5.41, 5.74) is 6.57. The summed E-state index contributed by atoms with van der Waals surface area (Å²) < 4.78 is 0. The molecule has 0 unspecified atom stereocenters. The zero-order valence-electron chi connectivity index (χ0n) is 11.1. The molecule has 2 N–H and O–H groups in total. The molecule has 0 aliphatic carbocycles. The van der Waals surface area contributed by atoms with Crippen molar-refractivity contribution in [1.82, 2.24) is 4.90 Å². The number of anilines is 1. The van der Waals surface area contributed by atoms with Crippen LogP contribution in [0, 0.1) is 11.8 Å². The summed E-state index contributed by atoms with van der Waals surface area (Å²) in [6.07, 6.45) is 1.15. The Labute approximate surface area is 123 Å². The van der Waals surface area contributed by atoms with Gasteiger partial charge in [0.25, 0.3) is 5.91 Å². The lowest BCUT2D eigenvalue weighted by molar-refractivity contribution is 0.0623. The Balaban J connectivity index is 2.26. The van der Waals surface area contributed by atoms with Crippen molar-refractivity contribution in [3.05, 3.63) is 27.7 Å². The Kier molecular flexibility index (Phi) is 4.26. The molecule has 0 saturated carbocycles. The van der Waals surface area contributed by atoms with Crippen LogP contribution >= 0.6 is 23.2 Å². The van der Waals surface area contributed by atoms with E-state index in [0.29, 0.717) is 33.1 Å². The molecule has 1 fully saturated rings. The van der Waals surface area contributed by atoms with Gasteiger partial charge in [0.05, 0.1) is 21.3 Å². The van der Waals surface area contributed by atoms with Crippen LogP contribution in [0.4, 0.5) is 5.69 Å². The Morgan fingerprint density at radius 1 is 1.21 bits per heavy atom. The van der Waals surface area contributed by atoms with Gasteiger partial charge in [0, 0.05) is 13.1 Å². The fourth-order valence-corrected chi connectivity index (χ4v) is 3.19. The van der Waals surface area contributed by atoms with Gasteiger partial charge in [-0.25, -0.2) is 0 Å². The van der Waals surface area contributed by atoms with Crippen LogP contribution in [-0.4, -0.2) is 23.9 Å². The lowest BCUT2D eigenvalue weighted by Crippen LogP contribution is -2.42. The number of nitrogens with zero attached hydrogens (tertiary/aromatic N) is 1. The summed E-state index contributed by atoms with van der Waals surface area (Å²) in [6.45, 7) is 5.85. The monoisotopic (exact) mass is 300 g/mol. The quantitative estimate of drug-likeness (QED) is 0.804. The summed E-state index contributed by atoms with van der Waals surface area (Å²) in [4.78, 5) is 14.4. The second-order valence-electron chi connectivity index (χ2n) is 5.51. The van der Waals surface area contributed by atoms with E-state index in [2.05, 4.69) is 13.8 Å². The molecule has 0 radical (unpaired) electrons. The minimum absolute atomic E-state index is 0.0632. The van der Waals surface area contributed by atoms with Gasteiger partial charge in [-0.05, 0) is 30.4 Å². The summed E-state index contributed by atoms with van der Waals surface area (Å²) >= 11 is 12.0. The van der Waals surface area contributed by atoms with Gasteiger partial charge in [0.1, 0.15) is 0 Å². The van der Waals surface area contributed by atoms with Crippen LogP contribution in [0.15, 0.2) is 12.1 Å². The minimum Gasteiger partial charge on any atom is -0.398 e. The third kappa shape index (κ3) is 3.15. The molecule has 1 heterocycles. The zero-order chi connectivity index (χ0) is 14.2. The first-order valence-electron chi connectivity index (χ1n) is 6.42. The van der Waals surface area contributed by atoms with Crippen molar-refractivity contribution < 1.29 is 4.79 Å². The number of carbonyl (C=O) groups is 1. The van der Waals surface area contributed by atoms with E-state index < -0.39 is 0 Å².